The molecule has 0 radical (unpaired) electrons. The summed E-state index contributed by atoms with van der Waals surface area (Å²) in [5.41, 5.74) is 3.71. The monoisotopic (exact) mass is 352 g/mol. The Labute approximate surface area is 156 Å². The van der Waals surface area contributed by atoms with Crippen LogP contribution in [0, 0.1) is 0 Å². The first-order chi connectivity index (χ1) is 12.6. The van der Waals surface area contributed by atoms with Crippen LogP contribution in [0.15, 0.2) is 42.5 Å². The summed E-state index contributed by atoms with van der Waals surface area (Å²) in [5.74, 6) is 1.67. The van der Waals surface area contributed by atoms with E-state index in [9.17, 15) is 0 Å². The highest BCUT2D eigenvalue weighted by Crippen LogP contribution is 2.35. The first-order valence-electron chi connectivity index (χ1n) is 9.61. The normalized spacial score (nSPS) is 16.8. The van der Waals surface area contributed by atoms with E-state index < -0.39 is 0 Å². The Kier molecular flexibility index (Phi) is 4.77. The van der Waals surface area contributed by atoms with Crippen molar-refractivity contribution in [3.05, 3.63) is 53.6 Å². The number of fused-ring (bicyclic) bond motifs is 1. The van der Waals surface area contributed by atoms with Crippen LogP contribution >= 0.6 is 0 Å². The van der Waals surface area contributed by atoms with Crippen molar-refractivity contribution in [1.82, 2.24) is 5.32 Å². The zero-order chi connectivity index (χ0) is 18.0. The Morgan fingerprint density at radius 1 is 0.923 bits per heavy atom. The SMILES string of the molecule is CC(C)(NCc1ccc(N2CCCCC2)cc1)c1ccc2c(c1)OCO2. The van der Waals surface area contributed by atoms with Crippen LogP contribution in [-0.4, -0.2) is 19.9 Å². The third-order valence-corrected chi connectivity index (χ3v) is 5.49. The van der Waals surface area contributed by atoms with E-state index in [1.54, 1.807) is 0 Å². The molecule has 0 spiro atoms. The van der Waals surface area contributed by atoms with Gasteiger partial charge in [-0.3, -0.25) is 0 Å². The molecular formula is C22H28N2O2. The van der Waals surface area contributed by atoms with Crippen LogP contribution < -0.4 is 19.7 Å². The maximum atomic E-state index is 5.51. The molecule has 0 bridgehead atoms. The second kappa shape index (κ2) is 7.20. The van der Waals surface area contributed by atoms with E-state index in [1.807, 2.05) is 6.07 Å². The smallest absolute Gasteiger partial charge is 0.231 e. The van der Waals surface area contributed by atoms with Crippen LogP contribution in [0.3, 0.4) is 0 Å². The summed E-state index contributed by atoms with van der Waals surface area (Å²) in [5, 5.41) is 3.67. The molecule has 2 aromatic carbocycles. The predicted molar refractivity (Wildman–Crippen MR) is 105 cm³/mol. The van der Waals surface area contributed by atoms with Crippen molar-refractivity contribution in [2.75, 3.05) is 24.8 Å². The number of anilines is 1. The molecule has 1 N–H and O–H groups in total. The summed E-state index contributed by atoms with van der Waals surface area (Å²) in [4.78, 5) is 2.50. The minimum Gasteiger partial charge on any atom is -0.454 e. The molecule has 1 saturated heterocycles. The van der Waals surface area contributed by atoms with Crippen LogP contribution in [0.25, 0.3) is 0 Å². The quantitative estimate of drug-likeness (QED) is 0.863. The lowest BCUT2D eigenvalue weighted by Gasteiger charge is -2.29. The van der Waals surface area contributed by atoms with E-state index in [4.69, 9.17) is 9.47 Å². The Morgan fingerprint density at radius 2 is 1.65 bits per heavy atom. The number of hydrogen-bond donors (Lipinski definition) is 1. The highest BCUT2D eigenvalue weighted by Gasteiger charge is 2.23. The largest absolute Gasteiger partial charge is 0.454 e. The van der Waals surface area contributed by atoms with Crippen molar-refractivity contribution in [2.24, 2.45) is 0 Å². The minimum absolute atomic E-state index is 0.146. The van der Waals surface area contributed by atoms with Gasteiger partial charge >= 0.3 is 0 Å². The average Bonchev–Trinajstić information content (AvgIpc) is 3.15. The number of piperidine rings is 1. The Balaban J connectivity index is 1.39. The van der Waals surface area contributed by atoms with Crippen molar-refractivity contribution in [3.8, 4) is 11.5 Å². The molecule has 0 unspecified atom stereocenters. The number of nitrogens with one attached hydrogen (secondary N) is 1. The standard InChI is InChI=1S/C22H28N2O2/c1-22(2,18-8-11-20-21(14-18)26-16-25-20)23-15-17-6-9-19(10-7-17)24-12-4-3-5-13-24/h6-11,14,23H,3-5,12-13,15-16H2,1-2H3. The molecule has 138 valence electrons. The zero-order valence-electron chi connectivity index (χ0n) is 15.8. The number of nitrogens with zero attached hydrogens (tertiary/aromatic N) is 1. The molecule has 0 aromatic heterocycles. The predicted octanol–water partition coefficient (Wildman–Crippen LogP) is 4.43. The summed E-state index contributed by atoms with van der Waals surface area (Å²) in [6, 6.07) is 15.2. The molecule has 0 aliphatic carbocycles. The van der Waals surface area contributed by atoms with Crippen LogP contribution in [-0.2, 0) is 12.1 Å². The molecule has 2 heterocycles. The highest BCUT2D eigenvalue weighted by molar-refractivity contribution is 5.48. The van der Waals surface area contributed by atoms with Gasteiger partial charge in [0.1, 0.15) is 0 Å². The Bertz CT molecular complexity index is 749. The van der Waals surface area contributed by atoms with Crippen molar-refractivity contribution in [3.63, 3.8) is 0 Å². The molecule has 4 rings (SSSR count). The van der Waals surface area contributed by atoms with Crippen LogP contribution in [0.4, 0.5) is 5.69 Å². The van der Waals surface area contributed by atoms with Gasteiger partial charge in [0.2, 0.25) is 6.79 Å². The van der Waals surface area contributed by atoms with Gasteiger partial charge in [0.05, 0.1) is 0 Å². The van der Waals surface area contributed by atoms with Crippen LogP contribution in [0.1, 0.15) is 44.2 Å². The lowest BCUT2D eigenvalue weighted by molar-refractivity contribution is 0.174. The summed E-state index contributed by atoms with van der Waals surface area (Å²) in [7, 11) is 0. The number of hydrogen-bond acceptors (Lipinski definition) is 4. The van der Waals surface area contributed by atoms with Crippen molar-refractivity contribution >= 4 is 5.69 Å². The lowest BCUT2D eigenvalue weighted by Crippen LogP contribution is -2.36. The third-order valence-electron chi connectivity index (χ3n) is 5.49. The average molecular weight is 352 g/mol. The minimum atomic E-state index is -0.146. The van der Waals surface area contributed by atoms with Crippen molar-refractivity contribution in [2.45, 2.75) is 45.2 Å². The van der Waals surface area contributed by atoms with E-state index in [-0.39, 0.29) is 5.54 Å². The van der Waals surface area contributed by atoms with Crippen LogP contribution in [0.2, 0.25) is 0 Å². The second-order valence-corrected chi connectivity index (χ2v) is 7.76. The van der Waals surface area contributed by atoms with Gasteiger partial charge in [0.25, 0.3) is 0 Å². The van der Waals surface area contributed by atoms with Gasteiger partial charge < -0.3 is 19.7 Å². The number of benzene rings is 2. The Morgan fingerprint density at radius 3 is 2.42 bits per heavy atom. The molecule has 2 aliphatic heterocycles. The zero-order valence-corrected chi connectivity index (χ0v) is 15.8. The molecule has 0 amide bonds. The molecular weight excluding hydrogens is 324 g/mol. The summed E-state index contributed by atoms with van der Waals surface area (Å²) in [6.45, 7) is 7.93. The molecule has 2 aliphatic rings. The van der Waals surface area contributed by atoms with Gasteiger partial charge in [-0.2, -0.15) is 0 Å². The van der Waals surface area contributed by atoms with Gasteiger partial charge in [-0.05, 0) is 68.5 Å². The third kappa shape index (κ3) is 3.65. The van der Waals surface area contributed by atoms with E-state index in [1.165, 1.54) is 49.2 Å². The van der Waals surface area contributed by atoms with Gasteiger partial charge in [-0.25, -0.2) is 0 Å². The first kappa shape index (κ1) is 17.2. The van der Waals surface area contributed by atoms with E-state index in [0.717, 1.165) is 18.0 Å². The Hall–Kier alpha value is -2.20. The van der Waals surface area contributed by atoms with Gasteiger partial charge in [0.15, 0.2) is 11.5 Å². The van der Waals surface area contributed by atoms with E-state index >= 15 is 0 Å². The summed E-state index contributed by atoms with van der Waals surface area (Å²) in [6.07, 6.45) is 3.99. The fraction of sp³-hybridized carbons (Fsp3) is 0.455. The van der Waals surface area contributed by atoms with Crippen LogP contribution in [0.5, 0.6) is 11.5 Å². The molecule has 0 saturated carbocycles. The maximum Gasteiger partial charge on any atom is 0.231 e. The molecule has 1 fully saturated rings. The van der Waals surface area contributed by atoms with E-state index in [0.29, 0.717) is 6.79 Å². The maximum absolute atomic E-state index is 5.51. The lowest BCUT2D eigenvalue weighted by atomic mass is 9.93. The number of rotatable bonds is 5. The van der Waals surface area contributed by atoms with Gasteiger partial charge in [0, 0.05) is 30.9 Å². The summed E-state index contributed by atoms with van der Waals surface area (Å²) >= 11 is 0. The van der Waals surface area contributed by atoms with Gasteiger partial charge in [-0.1, -0.05) is 18.2 Å². The summed E-state index contributed by atoms with van der Waals surface area (Å²) < 4.78 is 10.9. The van der Waals surface area contributed by atoms with Crippen molar-refractivity contribution in [1.29, 1.82) is 0 Å². The van der Waals surface area contributed by atoms with E-state index in [2.05, 4.69) is 60.5 Å². The number of ether oxygens (including phenoxy) is 2. The first-order valence-corrected chi connectivity index (χ1v) is 9.61. The molecule has 2 aromatic rings. The highest BCUT2D eigenvalue weighted by atomic mass is 16.7. The second-order valence-electron chi connectivity index (χ2n) is 7.76. The molecule has 26 heavy (non-hydrogen) atoms. The molecule has 4 heteroatoms. The van der Waals surface area contributed by atoms with Crippen molar-refractivity contribution < 1.29 is 9.47 Å². The fourth-order valence-corrected chi connectivity index (χ4v) is 3.69. The molecule has 4 nitrogen and oxygen atoms in total. The topological polar surface area (TPSA) is 33.7 Å². The van der Waals surface area contributed by atoms with Gasteiger partial charge in [-0.15, -0.1) is 0 Å². The molecule has 0 atom stereocenters. The fourth-order valence-electron chi connectivity index (χ4n) is 3.69.